The van der Waals surface area contributed by atoms with Crippen LogP contribution in [0.1, 0.15) is 0 Å². The van der Waals surface area contributed by atoms with Crippen LogP contribution in [0.15, 0.2) is 30.3 Å². The predicted molar refractivity (Wildman–Crippen MR) is 51.0 cm³/mol. The van der Waals surface area contributed by atoms with Crippen molar-refractivity contribution < 1.29 is 10.0 Å². The lowest BCUT2D eigenvalue weighted by Crippen LogP contribution is -2.45. The molecule has 0 aliphatic rings. The molecule has 0 aliphatic heterocycles. The fourth-order valence-corrected chi connectivity index (χ4v) is 0.932. The van der Waals surface area contributed by atoms with E-state index in [2.05, 4.69) is 5.32 Å². The topological polar surface area (TPSA) is 101 Å². The van der Waals surface area contributed by atoms with Gasteiger partial charge in [0.05, 0.1) is 4.92 Å². The molecule has 0 aromatic heterocycles. The zero-order valence-corrected chi connectivity index (χ0v) is 7.33. The second-order valence-electron chi connectivity index (χ2n) is 2.74. The monoisotopic (exact) mass is 197 g/mol. The standard InChI is InChI=1S/C8H11N3O3/c9-7(8(12)11(13)14)10-6-4-2-1-3-5-6/h1-5,7-8,10,12H,9H2. The Bertz CT molecular complexity index is 304. The summed E-state index contributed by atoms with van der Waals surface area (Å²) in [6.07, 6.45) is -2.93. The summed E-state index contributed by atoms with van der Waals surface area (Å²) in [5.74, 6) is 0. The Kier molecular flexibility index (Phi) is 3.38. The van der Waals surface area contributed by atoms with Crippen LogP contribution in [0.5, 0.6) is 0 Å². The van der Waals surface area contributed by atoms with E-state index in [1.165, 1.54) is 0 Å². The number of nitrogens with two attached hydrogens (primary N) is 1. The Labute approximate surface area is 80.5 Å². The largest absolute Gasteiger partial charge is 0.362 e. The fourth-order valence-electron chi connectivity index (χ4n) is 0.932. The minimum absolute atomic E-state index is 0.626. The number of nitrogens with zero attached hydrogens (tertiary/aromatic N) is 1. The van der Waals surface area contributed by atoms with E-state index in [1.54, 1.807) is 30.3 Å². The van der Waals surface area contributed by atoms with Crippen molar-refractivity contribution in [1.29, 1.82) is 0 Å². The van der Waals surface area contributed by atoms with Gasteiger partial charge >= 0.3 is 6.23 Å². The van der Waals surface area contributed by atoms with E-state index in [-0.39, 0.29) is 0 Å². The molecule has 0 fully saturated rings. The first-order valence-electron chi connectivity index (χ1n) is 4.00. The van der Waals surface area contributed by atoms with Crippen LogP contribution in [0.3, 0.4) is 0 Å². The van der Waals surface area contributed by atoms with E-state index in [0.29, 0.717) is 5.69 Å². The molecule has 0 aliphatic carbocycles. The molecule has 2 unspecified atom stereocenters. The molecule has 0 radical (unpaired) electrons. The number of aliphatic hydroxyl groups is 1. The van der Waals surface area contributed by atoms with Crippen molar-refractivity contribution >= 4 is 5.69 Å². The predicted octanol–water partition coefficient (Wildman–Crippen LogP) is -0.0216. The van der Waals surface area contributed by atoms with Gasteiger partial charge < -0.3 is 16.2 Å². The Balaban J connectivity index is 2.57. The van der Waals surface area contributed by atoms with Gasteiger partial charge in [-0.1, -0.05) is 18.2 Å². The molecule has 76 valence electrons. The van der Waals surface area contributed by atoms with Crippen LogP contribution in [-0.4, -0.2) is 22.4 Å². The van der Waals surface area contributed by atoms with Gasteiger partial charge in [-0.15, -0.1) is 0 Å². The van der Waals surface area contributed by atoms with Gasteiger partial charge in [0.2, 0.25) is 0 Å². The number of anilines is 1. The fraction of sp³-hybridized carbons (Fsp3) is 0.250. The van der Waals surface area contributed by atoms with E-state index in [0.717, 1.165) is 0 Å². The Morgan fingerprint density at radius 1 is 1.43 bits per heavy atom. The summed E-state index contributed by atoms with van der Waals surface area (Å²) in [6, 6.07) is 8.72. The second-order valence-corrected chi connectivity index (χ2v) is 2.74. The SMILES string of the molecule is NC(Nc1ccccc1)C(O)[N+](=O)[O-]. The number of hydrogen-bond acceptors (Lipinski definition) is 5. The smallest absolute Gasteiger partial charge is 0.346 e. The molecule has 1 aromatic rings. The number of hydrogen-bond donors (Lipinski definition) is 3. The highest BCUT2D eigenvalue weighted by molar-refractivity contribution is 5.43. The van der Waals surface area contributed by atoms with Crippen molar-refractivity contribution in [2.24, 2.45) is 5.73 Å². The lowest BCUT2D eigenvalue weighted by atomic mass is 10.3. The number of nitro groups is 1. The third kappa shape index (κ3) is 2.68. The van der Waals surface area contributed by atoms with Gasteiger partial charge in [0, 0.05) is 5.69 Å². The van der Waals surface area contributed by atoms with E-state index < -0.39 is 17.3 Å². The van der Waals surface area contributed by atoms with Crippen molar-refractivity contribution in [2.75, 3.05) is 5.32 Å². The molecule has 0 saturated carbocycles. The highest BCUT2D eigenvalue weighted by Crippen LogP contribution is 2.06. The van der Waals surface area contributed by atoms with Gasteiger partial charge in [-0.05, 0) is 12.1 Å². The molecule has 1 rings (SSSR count). The number of rotatable bonds is 4. The molecule has 6 heteroatoms. The number of nitrogens with one attached hydrogen (secondary N) is 1. The maximum atomic E-state index is 10.2. The third-order valence-corrected chi connectivity index (χ3v) is 1.64. The van der Waals surface area contributed by atoms with Crippen molar-refractivity contribution in [3.8, 4) is 0 Å². The van der Waals surface area contributed by atoms with Crippen LogP contribution in [0.4, 0.5) is 5.69 Å². The average molecular weight is 197 g/mol. The van der Waals surface area contributed by atoms with Crippen molar-refractivity contribution in [2.45, 2.75) is 12.4 Å². The van der Waals surface area contributed by atoms with E-state index in [4.69, 9.17) is 10.8 Å². The second kappa shape index (κ2) is 4.54. The van der Waals surface area contributed by atoms with Crippen molar-refractivity contribution in [3.63, 3.8) is 0 Å². The molecule has 14 heavy (non-hydrogen) atoms. The Morgan fingerprint density at radius 2 is 2.00 bits per heavy atom. The lowest BCUT2D eigenvalue weighted by molar-refractivity contribution is -0.572. The maximum Gasteiger partial charge on any atom is 0.346 e. The highest BCUT2D eigenvalue weighted by Gasteiger charge is 2.24. The molecular formula is C8H11N3O3. The molecule has 2 atom stereocenters. The lowest BCUT2D eigenvalue weighted by Gasteiger charge is -2.14. The summed E-state index contributed by atoms with van der Waals surface area (Å²) >= 11 is 0. The first-order valence-corrected chi connectivity index (χ1v) is 4.00. The molecule has 0 bridgehead atoms. The molecule has 1 aromatic carbocycles. The summed E-state index contributed by atoms with van der Waals surface area (Å²) in [7, 11) is 0. The summed E-state index contributed by atoms with van der Waals surface area (Å²) < 4.78 is 0. The minimum Gasteiger partial charge on any atom is -0.362 e. The van der Waals surface area contributed by atoms with E-state index >= 15 is 0 Å². The number of aliphatic hydroxyl groups excluding tert-OH is 1. The summed E-state index contributed by atoms with van der Waals surface area (Å²) in [5, 5.41) is 21.7. The first kappa shape index (κ1) is 10.4. The summed E-state index contributed by atoms with van der Waals surface area (Å²) in [6.45, 7) is 0. The third-order valence-electron chi connectivity index (χ3n) is 1.64. The molecule has 6 nitrogen and oxygen atoms in total. The van der Waals surface area contributed by atoms with Crippen LogP contribution in [0.25, 0.3) is 0 Å². The molecule has 0 amide bonds. The molecule has 0 heterocycles. The van der Waals surface area contributed by atoms with Crippen LogP contribution in [0, 0.1) is 10.1 Å². The van der Waals surface area contributed by atoms with E-state index in [1.807, 2.05) is 0 Å². The first-order chi connectivity index (χ1) is 6.61. The molecule has 4 N–H and O–H groups in total. The van der Waals surface area contributed by atoms with Crippen LogP contribution >= 0.6 is 0 Å². The van der Waals surface area contributed by atoms with Crippen LogP contribution < -0.4 is 11.1 Å². The Morgan fingerprint density at radius 3 is 2.50 bits per heavy atom. The van der Waals surface area contributed by atoms with E-state index in [9.17, 15) is 10.1 Å². The number of para-hydroxylation sites is 1. The van der Waals surface area contributed by atoms with Crippen LogP contribution in [0.2, 0.25) is 0 Å². The van der Waals surface area contributed by atoms with Gasteiger partial charge in [-0.3, -0.25) is 10.1 Å². The Hall–Kier alpha value is -1.66. The molecular weight excluding hydrogens is 186 g/mol. The van der Waals surface area contributed by atoms with Gasteiger partial charge in [-0.25, -0.2) is 0 Å². The van der Waals surface area contributed by atoms with Crippen molar-refractivity contribution in [1.82, 2.24) is 0 Å². The van der Waals surface area contributed by atoms with Gasteiger partial charge in [0.15, 0.2) is 6.17 Å². The highest BCUT2D eigenvalue weighted by atomic mass is 16.7. The van der Waals surface area contributed by atoms with Gasteiger partial charge in [0.1, 0.15) is 0 Å². The zero-order chi connectivity index (χ0) is 10.6. The maximum absolute atomic E-state index is 10.2. The van der Waals surface area contributed by atoms with Crippen LogP contribution in [-0.2, 0) is 0 Å². The quantitative estimate of drug-likeness (QED) is 0.357. The summed E-state index contributed by atoms with van der Waals surface area (Å²) in [5.41, 5.74) is 5.97. The summed E-state index contributed by atoms with van der Waals surface area (Å²) in [4.78, 5) is 9.32. The average Bonchev–Trinajstić information content (AvgIpc) is 2.18. The molecule has 0 spiro atoms. The van der Waals surface area contributed by atoms with Gasteiger partial charge in [-0.2, -0.15) is 0 Å². The van der Waals surface area contributed by atoms with Crippen molar-refractivity contribution in [3.05, 3.63) is 40.4 Å². The minimum atomic E-state index is -1.81. The van der Waals surface area contributed by atoms with Gasteiger partial charge in [0.25, 0.3) is 0 Å². The normalized spacial score (nSPS) is 14.4. The zero-order valence-electron chi connectivity index (χ0n) is 7.33. The number of benzene rings is 1. The molecule has 0 saturated heterocycles.